The summed E-state index contributed by atoms with van der Waals surface area (Å²) in [4.78, 5) is 21.4. The lowest BCUT2D eigenvalue weighted by molar-refractivity contribution is -0.140. The van der Waals surface area contributed by atoms with Gasteiger partial charge < -0.3 is 9.40 Å². The van der Waals surface area contributed by atoms with Crippen molar-refractivity contribution >= 4 is 0 Å². The Labute approximate surface area is 156 Å². The molecule has 3 aromatic rings. The number of aromatic amines is 1. The second-order valence-electron chi connectivity index (χ2n) is 6.59. The van der Waals surface area contributed by atoms with Gasteiger partial charge in [-0.15, -0.1) is 0 Å². The molecule has 1 aliphatic heterocycles. The Morgan fingerprint density at radius 1 is 1.25 bits per heavy atom. The summed E-state index contributed by atoms with van der Waals surface area (Å²) in [6.07, 6.45) is -2.80. The number of alkyl halides is 3. The number of halogens is 4. The molecule has 1 aromatic carbocycles. The van der Waals surface area contributed by atoms with E-state index in [1.165, 1.54) is 12.3 Å². The maximum atomic E-state index is 13.5. The van der Waals surface area contributed by atoms with E-state index < -0.39 is 17.6 Å². The molecule has 0 saturated heterocycles. The van der Waals surface area contributed by atoms with Gasteiger partial charge in [0.15, 0.2) is 11.6 Å². The normalized spacial score (nSPS) is 14.9. The van der Waals surface area contributed by atoms with Gasteiger partial charge in [-0.25, -0.2) is 9.37 Å². The summed E-state index contributed by atoms with van der Waals surface area (Å²) < 4.78 is 57.4. The van der Waals surface area contributed by atoms with E-state index in [0.717, 1.165) is 12.1 Å². The lowest BCUT2D eigenvalue weighted by Gasteiger charge is -2.27. The number of hydrogen-bond acceptors (Lipinski definition) is 4. The van der Waals surface area contributed by atoms with Crippen LogP contribution >= 0.6 is 0 Å². The summed E-state index contributed by atoms with van der Waals surface area (Å²) in [6, 6.07) is 6.33. The standard InChI is InChI=1S/C19H15F4N3O2/c20-14-4-3-11(8-13(14)19(21,22)23)9-26-6-5-15-12(10-26)18(27)25-17(24-15)16-2-1-7-28-16/h1-4,7-8H,5-6,9-10H2,(H,24,25,27). The molecule has 0 spiro atoms. The monoisotopic (exact) mass is 393 g/mol. The number of benzene rings is 1. The van der Waals surface area contributed by atoms with E-state index in [1.54, 1.807) is 12.1 Å². The third-order valence-electron chi connectivity index (χ3n) is 4.64. The van der Waals surface area contributed by atoms with Gasteiger partial charge in [0, 0.05) is 26.1 Å². The smallest absolute Gasteiger partial charge is 0.419 e. The van der Waals surface area contributed by atoms with Crippen LogP contribution in [0.5, 0.6) is 0 Å². The zero-order valence-electron chi connectivity index (χ0n) is 14.5. The van der Waals surface area contributed by atoms with Gasteiger partial charge in [-0.2, -0.15) is 13.2 Å². The molecule has 1 aliphatic rings. The van der Waals surface area contributed by atoms with Crippen LogP contribution in [0.3, 0.4) is 0 Å². The molecular weight excluding hydrogens is 378 g/mol. The van der Waals surface area contributed by atoms with Crippen LogP contribution in [0.2, 0.25) is 0 Å². The SMILES string of the molecule is O=c1[nH]c(-c2ccco2)nc2c1CN(Cc1ccc(F)c(C(F)(F)F)c1)CC2. The van der Waals surface area contributed by atoms with E-state index in [9.17, 15) is 22.4 Å². The highest BCUT2D eigenvalue weighted by atomic mass is 19.4. The first-order valence-corrected chi connectivity index (χ1v) is 8.55. The van der Waals surface area contributed by atoms with Gasteiger partial charge in [0.05, 0.1) is 23.1 Å². The molecule has 0 fully saturated rings. The highest BCUT2D eigenvalue weighted by molar-refractivity contribution is 5.47. The number of fused-ring (bicyclic) bond motifs is 1. The predicted octanol–water partition coefficient (Wildman–Crippen LogP) is 3.75. The van der Waals surface area contributed by atoms with Crippen molar-refractivity contribution in [1.82, 2.24) is 14.9 Å². The molecule has 0 aliphatic carbocycles. The van der Waals surface area contributed by atoms with Gasteiger partial charge in [-0.3, -0.25) is 9.69 Å². The van der Waals surface area contributed by atoms with Gasteiger partial charge in [-0.05, 0) is 29.8 Å². The number of hydrogen-bond donors (Lipinski definition) is 1. The van der Waals surface area contributed by atoms with Crippen LogP contribution < -0.4 is 5.56 Å². The summed E-state index contributed by atoms with van der Waals surface area (Å²) in [5.41, 5.74) is -0.156. The van der Waals surface area contributed by atoms with Crippen molar-refractivity contribution in [3.05, 3.63) is 75.2 Å². The highest BCUT2D eigenvalue weighted by Crippen LogP contribution is 2.32. The lowest BCUT2D eigenvalue weighted by atomic mass is 10.0. The number of nitrogens with zero attached hydrogens (tertiary/aromatic N) is 2. The minimum Gasteiger partial charge on any atom is -0.461 e. The number of rotatable bonds is 3. The molecule has 3 heterocycles. The molecule has 0 atom stereocenters. The Balaban J connectivity index is 1.56. The summed E-state index contributed by atoms with van der Waals surface area (Å²) in [7, 11) is 0. The molecule has 5 nitrogen and oxygen atoms in total. The summed E-state index contributed by atoms with van der Waals surface area (Å²) in [6.45, 7) is 0.927. The Morgan fingerprint density at radius 2 is 2.07 bits per heavy atom. The van der Waals surface area contributed by atoms with Crippen molar-refractivity contribution in [3.8, 4) is 11.6 Å². The number of H-pyrrole nitrogens is 1. The van der Waals surface area contributed by atoms with E-state index in [2.05, 4.69) is 9.97 Å². The van der Waals surface area contributed by atoms with Gasteiger partial charge in [-0.1, -0.05) is 6.07 Å². The Morgan fingerprint density at radius 3 is 2.79 bits per heavy atom. The van der Waals surface area contributed by atoms with E-state index >= 15 is 0 Å². The predicted molar refractivity (Wildman–Crippen MR) is 91.8 cm³/mol. The molecule has 0 amide bonds. The zero-order valence-corrected chi connectivity index (χ0v) is 14.5. The van der Waals surface area contributed by atoms with Gasteiger partial charge >= 0.3 is 6.18 Å². The number of furan rings is 1. The fourth-order valence-electron chi connectivity index (χ4n) is 3.29. The minimum atomic E-state index is -4.75. The molecule has 1 N–H and O–H groups in total. The van der Waals surface area contributed by atoms with E-state index in [0.29, 0.717) is 41.4 Å². The van der Waals surface area contributed by atoms with E-state index in [-0.39, 0.29) is 18.6 Å². The first-order chi connectivity index (χ1) is 13.3. The fourth-order valence-corrected chi connectivity index (χ4v) is 3.29. The quantitative estimate of drug-likeness (QED) is 0.689. The van der Waals surface area contributed by atoms with Crippen LogP contribution in [0, 0.1) is 5.82 Å². The molecule has 28 heavy (non-hydrogen) atoms. The molecule has 0 radical (unpaired) electrons. The van der Waals surface area contributed by atoms with Crippen molar-refractivity contribution in [3.63, 3.8) is 0 Å². The Bertz CT molecular complexity index is 1060. The van der Waals surface area contributed by atoms with Gasteiger partial charge in [0.2, 0.25) is 0 Å². The van der Waals surface area contributed by atoms with Crippen molar-refractivity contribution in [2.45, 2.75) is 25.7 Å². The molecule has 146 valence electrons. The van der Waals surface area contributed by atoms with Crippen LogP contribution in [0.25, 0.3) is 11.6 Å². The van der Waals surface area contributed by atoms with Crippen LogP contribution in [0.1, 0.15) is 22.4 Å². The Kier molecular flexibility index (Phi) is 4.54. The molecule has 0 saturated carbocycles. The highest BCUT2D eigenvalue weighted by Gasteiger charge is 2.34. The van der Waals surface area contributed by atoms with Crippen LogP contribution in [0.4, 0.5) is 17.6 Å². The maximum absolute atomic E-state index is 13.5. The third-order valence-corrected chi connectivity index (χ3v) is 4.64. The average Bonchev–Trinajstić information content (AvgIpc) is 3.17. The Hall–Kier alpha value is -2.94. The van der Waals surface area contributed by atoms with Crippen molar-refractivity contribution in [1.29, 1.82) is 0 Å². The van der Waals surface area contributed by atoms with Crippen molar-refractivity contribution in [2.75, 3.05) is 6.54 Å². The summed E-state index contributed by atoms with van der Waals surface area (Å²) >= 11 is 0. The van der Waals surface area contributed by atoms with Gasteiger partial charge in [0.25, 0.3) is 5.56 Å². The van der Waals surface area contributed by atoms with Crippen molar-refractivity contribution < 1.29 is 22.0 Å². The molecule has 0 unspecified atom stereocenters. The minimum absolute atomic E-state index is 0.169. The summed E-state index contributed by atoms with van der Waals surface area (Å²) in [5.74, 6) is -0.504. The van der Waals surface area contributed by atoms with E-state index in [1.807, 2.05) is 4.90 Å². The molecule has 2 aromatic heterocycles. The molecule has 0 bridgehead atoms. The molecule has 9 heteroatoms. The largest absolute Gasteiger partial charge is 0.461 e. The molecule has 4 rings (SSSR count). The zero-order chi connectivity index (χ0) is 19.9. The maximum Gasteiger partial charge on any atom is 0.419 e. The average molecular weight is 393 g/mol. The van der Waals surface area contributed by atoms with Crippen molar-refractivity contribution in [2.24, 2.45) is 0 Å². The number of nitrogens with one attached hydrogen (secondary N) is 1. The first kappa shape index (κ1) is 18.4. The number of aromatic nitrogens is 2. The first-order valence-electron chi connectivity index (χ1n) is 8.55. The van der Waals surface area contributed by atoms with E-state index in [4.69, 9.17) is 4.42 Å². The topological polar surface area (TPSA) is 62.1 Å². The van der Waals surface area contributed by atoms with Gasteiger partial charge in [0.1, 0.15) is 5.82 Å². The fraction of sp³-hybridized carbons (Fsp3) is 0.263. The lowest BCUT2D eigenvalue weighted by Crippen LogP contribution is -2.35. The van der Waals surface area contributed by atoms with Crippen LogP contribution in [-0.2, 0) is 25.7 Å². The molecular formula is C19H15F4N3O2. The van der Waals surface area contributed by atoms with Crippen LogP contribution in [-0.4, -0.2) is 21.4 Å². The summed E-state index contributed by atoms with van der Waals surface area (Å²) in [5, 5.41) is 0. The third kappa shape index (κ3) is 3.57. The second-order valence-corrected chi connectivity index (χ2v) is 6.59. The van der Waals surface area contributed by atoms with Crippen LogP contribution in [0.15, 0.2) is 45.8 Å². The second kappa shape index (κ2) is 6.90.